The molecule has 228 valence electrons. The molecule has 6 N–H and O–H groups in total. The molecule has 0 aromatic heterocycles. The van der Waals surface area contributed by atoms with E-state index < -0.39 is 58.0 Å². The van der Waals surface area contributed by atoms with Gasteiger partial charge in [0.2, 0.25) is 5.78 Å². The Hall–Kier alpha value is -3.41. The smallest absolute Gasteiger partial charge is 0.255 e. The molecule has 1 saturated heterocycles. The van der Waals surface area contributed by atoms with Gasteiger partial charge in [-0.3, -0.25) is 19.3 Å². The minimum Gasteiger partial charge on any atom is -0.510 e. The van der Waals surface area contributed by atoms with Crippen LogP contribution in [0.5, 0.6) is 5.75 Å². The Labute approximate surface area is 245 Å². The van der Waals surface area contributed by atoms with Gasteiger partial charge in [0.1, 0.15) is 22.8 Å². The molecule has 11 nitrogen and oxygen atoms in total. The van der Waals surface area contributed by atoms with Crippen molar-refractivity contribution in [2.45, 2.75) is 63.1 Å². The molecule has 0 spiro atoms. The summed E-state index contributed by atoms with van der Waals surface area (Å²) in [6.45, 7) is 4.68. The zero-order chi connectivity index (χ0) is 30.7. The molecule has 0 radical (unpaired) electrons. The third kappa shape index (κ3) is 4.49. The summed E-state index contributed by atoms with van der Waals surface area (Å²) in [5.74, 6) is -6.32. The molecule has 0 unspecified atom stereocenters. The van der Waals surface area contributed by atoms with E-state index in [1.54, 1.807) is 19.0 Å². The Morgan fingerprint density at radius 1 is 1.14 bits per heavy atom. The van der Waals surface area contributed by atoms with Crippen LogP contribution in [0.15, 0.2) is 34.8 Å². The third-order valence-corrected chi connectivity index (χ3v) is 9.76. The van der Waals surface area contributed by atoms with E-state index in [4.69, 9.17) is 5.73 Å². The molecular weight excluding hydrogens is 540 g/mol. The van der Waals surface area contributed by atoms with Crippen molar-refractivity contribution in [3.63, 3.8) is 0 Å². The molecule has 3 aliphatic carbocycles. The van der Waals surface area contributed by atoms with E-state index >= 15 is 0 Å². The monoisotopic (exact) mass is 582 g/mol. The van der Waals surface area contributed by atoms with Gasteiger partial charge < -0.3 is 36.0 Å². The van der Waals surface area contributed by atoms with Crippen LogP contribution in [0.4, 0.5) is 5.69 Å². The summed E-state index contributed by atoms with van der Waals surface area (Å²) in [4.78, 5) is 45.8. The molecule has 42 heavy (non-hydrogen) atoms. The van der Waals surface area contributed by atoms with E-state index in [0.29, 0.717) is 11.3 Å². The first kappa shape index (κ1) is 30.1. The molecule has 1 aromatic carbocycles. The van der Waals surface area contributed by atoms with Crippen molar-refractivity contribution in [3.8, 4) is 5.75 Å². The number of hydrogen-bond acceptors (Lipinski definition) is 10. The van der Waals surface area contributed by atoms with Gasteiger partial charge in [0.05, 0.1) is 17.3 Å². The van der Waals surface area contributed by atoms with Crippen molar-refractivity contribution >= 4 is 23.2 Å². The average molecular weight is 583 g/mol. The number of hydrogen-bond donors (Lipinski definition) is 5. The second-order valence-corrected chi connectivity index (χ2v) is 12.5. The fourth-order valence-corrected chi connectivity index (χ4v) is 7.58. The van der Waals surface area contributed by atoms with Crippen molar-refractivity contribution in [2.75, 3.05) is 45.7 Å². The number of anilines is 1. The lowest BCUT2D eigenvalue weighted by Gasteiger charge is -2.50. The normalized spacial score (nSPS) is 28.6. The maximum absolute atomic E-state index is 14.1. The Bertz CT molecular complexity index is 1380. The van der Waals surface area contributed by atoms with E-state index in [1.165, 1.54) is 0 Å². The summed E-state index contributed by atoms with van der Waals surface area (Å²) in [5.41, 5.74) is 3.07. The number of piperidine rings is 1. The van der Waals surface area contributed by atoms with Gasteiger partial charge in [0.25, 0.3) is 5.91 Å². The highest BCUT2D eigenvalue weighted by Crippen LogP contribution is 2.53. The number of likely N-dealkylation sites (N-methyl/N-ethyl adjacent to an activating group) is 1. The number of ketones is 2. The number of phenols is 1. The summed E-state index contributed by atoms with van der Waals surface area (Å²) in [6, 6.07) is 2.90. The van der Waals surface area contributed by atoms with E-state index in [-0.39, 0.29) is 35.8 Å². The van der Waals surface area contributed by atoms with Gasteiger partial charge in [0, 0.05) is 24.1 Å². The molecule has 0 saturated carbocycles. The number of aliphatic hydroxyl groups excluding tert-OH is 2. The third-order valence-electron chi connectivity index (χ3n) is 9.76. The highest BCUT2D eigenvalue weighted by Gasteiger charge is 2.63. The summed E-state index contributed by atoms with van der Waals surface area (Å²) in [6.07, 6.45) is 4.08. The molecule has 0 bridgehead atoms. The van der Waals surface area contributed by atoms with Crippen LogP contribution in [0.1, 0.15) is 54.9 Å². The maximum atomic E-state index is 14.1. The molecular formula is C31H42N4O7. The molecule has 1 fully saturated rings. The van der Waals surface area contributed by atoms with Crippen molar-refractivity contribution in [2.24, 2.45) is 17.6 Å². The Morgan fingerprint density at radius 3 is 2.40 bits per heavy atom. The first-order valence-electron chi connectivity index (χ1n) is 14.8. The number of aliphatic hydroxyl groups is 3. The molecule has 1 heterocycles. The van der Waals surface area contributed by atoms with Gasteiger partial charge in [-0.05, 0) is 83.9 Å². The minimum atomic E-state index is -2.64. The number of nitrogens with zero attached hydrogens (tertiary/aromatic N) is 3. The lowest BCUT2D eigenvalue weighted by molar-refractivity contribution is -0.148. The number of aromatic hydroxyl groups is 1. The number of carbonyl (C=O) groups is 3. The van der Waals surface area contributed by atoms with Crippen LogP contribution in [0.25, 0.3) is 0 Å². The lowest BCUT2D eigenvalue weighted by atomic mass is 9.58. The van der Waals surface area contributed by atoms with Crippen LogP contribution in [0.2, 0.25) is 0 Å². The van der Waals surface area contributed by atoms with Gasteiger partial charge in [0.15, 0.2) is 11.4 Å². The van der Waals surface area contributed by atoms with E-state index in [1.807, 2.05) is 12.1 Å². The van der Waals surface area contributed by atoms with Gasteiger partial charge in [-0.2, -0.15) is 0 Å². The standard InChI is InChI=1S/C31H42N4O7/c1-5-6-11-35(18-9-12-34(4)13-10-18)20-8-7-16-14-17-15-19-24(33(2)3)27(38)23(30(32)41)29(40)31(19,42)28(39)22(17)26(37)21(16)25(20)36/h7-8,17-19,24,36,38-39,42H,5-6,9-15H2,1-4H3,(H2,32,41)/t17-,19-,24-,31-/m0/s1. The van der Waals surface area contributed by atoms with Gasteiger partial charge in [-0.25, -0.2) is 0 Å². The summed E-state index contributed by atoms with van der Waals surface area (Å²) in [7, 11) is 5.31. The number of amides is 1. The molecule has 1 amide bonds. The van der Waals surface area contributed by atoms with E-state index in [0.717, 1.165) is 45.3 Å². The predicted molar refractivity (Wildman–Crippen MR) is 156 cm³/mol. The van der Waals surface area contributed by atoms with Crippen LogP contribution in [0, 0.1) is 11.8 Å². The topological polar surface area (TPSA) is 168 Å². The zero-order valence-electron chi connectivity index (χ0n) is 24.8. The summed E-state index contributed by atoms with van der Waals surface area (Å²) < 4.78 is 0. The lowest BCUT2D eigenvalue weighted by Crippen LogP contribution is -2.63. The Balaban J connectivity index is 1.61. The van der Waals surface area contributed by atoms with Crippen molar-refractivity contribution in [3.05, 3.63) is 45.9 Å². The van der Waals surface area contributed by atoms with E-state index in [9.17, 15) is 34.8 Å². The number of carbonyl (C=O) groups excluding carboxylic acids is 3. The number of Topliss-reactive ketones (excluding diaryl/α,β-unsaturated/α-hetero) is 2. The number of nitrogens with two attached hydrogens (primary N) is 1. The molecule has 4 aliphatic rings. The first-order chi connectivity index (χ1) is 19.8. The highest BCUT2D eigenvalue weighted by molar-refractivity contribution is 6.24. The number of allylic oxidation sites excluding steroid dienone is 1. The molecule has 4 atom stereocenters. The van der Waals surface area contributed by atoms with Crippen molar-refractivity contribution in [1.82, 2.24) is 9.80 Å². The quantitative estimate of drug-likeness (QED) is 0.299. The number of benzene rings is 1. The average Bonchev–Trinajstić information content (AvgIpc) is 2.92. The van der Waals surface area contributed by atoms with Crippen LogP contribution in [-0.4, -0.2) is 106 Å². The first-order valence-corrected chi connectivity index (χ1v) is 14.8. The fourth-order valence-electron chi connectivity index (χ4n) is 7.58. The van der Waals surface area contributed by atoms with Gasteiger partial charge in [-0.15, -0.1) is 0 Å². The van der Waals surface area contributed by atoms with Crippen molar-refractivity contribution in [1.29, 1.82) is 0 Å². The van der Waals surface area contributed by atoms with Crippen LogP contribution in [0.3, 0.4) is 0 Å². The van der Waals surface area contributed by atoms with Crippen LogP contribution >= 0.6 is 0 Å². The number of unbranched alkanes of at least 4 members (excludes halogenated alkanes) is 1. The Morgan fingerprint density at radius 2 is 1.81 bits per heavy atom. The number of rotatable bonds is 7. The van der Waals surface area contributed by atoms with E-state index in [2.05, 4.69) is 23.8 Å². The SMILES string of the molecule is CCCCN(c1ccc2c(c1O)C(=O)C1=C(O)[C@]3(O)C(=O)C(C(N)=O)=C(O)[C@@H](N(C)C)[C@@H]3C[C@@H]1C2)C1CCN(C)CC1. The second kappa shape index (κ2) is 11.0. The largest absolute Gasteiger partial charge is 0.510 e. The van der Waals surface area contributed by atoms with Crippen LogP contribution < -0.4 is 10.6 Å². The number of primary amides is 1. The molecule has 1 aromatic rings. The minimum absolute atomic E-state index is 0.0581. The highest BCUT2D eigenvalue weighted by atomic mass is 16.3. The molecule has 5 rings (SSSR count). The summed E-state index contributed by atoms with van der Waals surface area (Å²) in [5, 5.41) is 45.9. The number of phenolic OH excluding ortho intramolecular Hbond substituents is 1. The maximum Gasteiger partial charge on any atom is 0.255 e. The van der Waals surface area contributed by atoms with Gasteiger partial charge in [-0.1, -0.05) is 19.4 Å². The zero-order valence-corrected chi connectivity index (χ0v) is 24.8. The number of fused-ring (bicyclic) bond motifs is 3. The van der Waals surface area contributed by atoms with Crippen LogP contribution in [-0.2, 0) is 16.0 Å². The predicted octanol–water partition coefficient (Wildman–Crippen LogP) is 1.82. The van der Waals surface area contributed by atoms with Gasteiger partial charge >= 0.3 is 0 Å². The fraction of sp³-hybridized carbons (Fsp3) is 0.581. The summed E-state index contributed by atoms with van der Waals surface area (Å²) >= 11 is 0. The second-order valence-electron chi connectivity index (χ2n) is 12.5. The molecule has 1 aliphatic heterocycles. The van der Waals surface area contributed by atoms with Crippen molar-refractivity contribution < 1.29 is 34.8 Å². The Kier molecular flexibility index (Phi) is 7.88. The number of likely N-dealkylation sites (tertiary alicyclic amines) is 1. The molecule has 11 heteroatoms.